The van der Waals surface area contributed by atoms with Crippen molar-refractivity contribution in [3.8, 4) is 0 Å². The summed E-state index contributed by atoms with van der Waals surface area (Å²) in [5.74, 6) is -0.592. The second-order valence-electron chi connectivity index (χ2n) is 3.81. The number of carbonyl (C=O) groups is 2. The fraction of sp³-hybridized carbons (Fsp3) is 0.846. The second kappa shape index (κ2) is 11.0. The number of hydrogen-bond donors (Lipinski definition) is 0. The van der Waals surface area contributed by atoms with Crippen LogP contribution in [0.25, 0.3) is 0 Å². The van der Waals surface area contributed by atoms with Crippen molar-refractivity contribution in [1.29, 1.82) is 0 Å². The zero-order chi connectivity index (χ0) is 13.8. The Morgan fingerprint density at radius 3 is 2.28 bits per heavy atom. The zero-order valence-corrected chi connectivity index (χ0v) is 11.6. The van der Waals surface area contributed by atoms with Gasteiger partial charge >= 0.3 is 11.9 Å². The van der Waals surface area contributed by atoms with Gasteiger partial charge in [-0.15, -0.1) is 0 Å². The van der Waals surface area contributed by atoms with E-state index in [1.165, 1.54) is 0 Å². The van der Waals surface area contributed by atoms with Crippen LogP contribution in [0.2, 0.25) is 0 Å². The molecule has 0 aliphatic rings. The van der Waals surface area contributed by atoms with E-state index in [0.717, 1.165) is 6.42 Å². The van der Waals surface area contributed by atoms with Crippen molar-refractivity contribution in [3.05, 3.63) is 0 Å². The molecular formula is C13H24O5. The average molecular weight is 260 g/mol. The monoisotopic (exact) mass is 260 g/mol. The molecule has 0 aromatic heterocycles. The van der Waals surface area contributed by atoms with Crippen LogP contribution in [0.15, 0.2) is 0 Å². The van der Waals surface area contributed by atoms with Gasteiger partial charge in [0.1, 0.15) is 0 Å². The molecule has 0 saturated carbocycles. The van der Waals surface area contributed by atoms with Gasteiger partial charge in [-0.05, 0) is 33.1 Å². The Hall–Kier alpha value is -1.10. The minimum atomic E-state index is -0.570. The lowest BCUT2D eigenvalue weighted by molar-refractivity contribution is -0.157. The highest BCUT2D eigenvalue weighted by atomic mass is 16.6. The maximum atomic E-state index is 11.6. The van der Waals surface area contributed by atoms with Crippen LogP contribution >= 0.6 is 0 Å². The van der Waals surface area contributed by atoms with Gasteiger partial charge in [0.05, 0.1) is 13.2 Å². The first-order chi connectivity index (χ1) is 8.65. The van der Waals surface area contributed by atoms with Gasteiger partial charge < -0.3 is 14.2 Å². The van der Waals surface area contributed by atoms with Crippen molar-refractivity contribution in [2.24, 2.45) is 0 Å². The smallest absolute Gasteiger partial charge is 0.335 e. The van der Waals surface area contributed by atoms with Gasteiger partial charge in [0, 0.05) is 13.0 Å². The van der Waals surface area contributed by atoms with Crippen LogP contribution < -0.4 is 0 Å². The third kappa shape index (κ3) is 8.06. The van der Waals surface area contributed by atoms with E-state index < -0.39 is 6.10 Å². The van der Waals surface area contributed by atoms with Gasteiger partial charge in [-0.25, -0.2) is 4.79 Å². The third-order valence-electron chi connectivity index (χ3n) is 2.23. The van der Waals surface area contributed by atoms with E-state index in [9.17, 15) is 9.59 Å². The standard InChI is InChI=1S/C13H24O5/c1-4-10-18-11(13(15)17-6-3)8-7-9-12(14)16-5-2/h11H,4-10H2,1-3H3. The molecule has 0 spiro atoms. The van der Waals surface area contributed by atoms with Crippen LogP contribution in [-0.2, 0) is 23.8 Å². The molecule has 0 bridgehead atoms. The van der Waals surface area contributed by atoms with E-state index in [-0.39, 0.29) is 11.9 Å². The van der Waals surface area contributed by atoms with E-state index in [1.807, 2.05) is 6.92 Å². The molecule has 18 heavy (non-hydrogen) atoms. The molecule has 5 nitrogen and oxygen atoms in total. The molecule has 0 fully saturated rings. The first-order valence-corrected chi connectivity index (χ1v) is 6.59. The summed E-state index contributed by atoms with van der Waals surface area (Å²) < 4.78 is 15.2. The van der Waals surface area contributed by atoms with E-state index in [1.54, 1.807) is 13.8 Å². The van der Waals surface area contributed by atoms with Crippen molar-refractivity contribution in [2.45, 2.75) is 52.6 Å². The predicted molar refractivity (Wildman–Crippen MR) is 67.1 cm³/mol. The molecule has 1 unspecified atom stereocenters. The van der Waals surface area contributed by atoms with Crippen molar-refractivity contribution in [2.75, 3.05) is 19.8 Å². The quantitative estimate of drug-likeness (QED) is 0.563. The van der Waals surface area contributed by atoms with E-state index in [4.69, 9.17) is 14.2 Å². The molecule has 0 aliphatic heterocycles. The van der Waals surface area contributed by atoms with Gasteiger partial charge in [-0.3, -0.25) is 4.79 Å². The lowest BCUT2D eigenvalue weighted by atomic mass is 10.1. The Morgan fingerprint density at radius 2 is 1.72 bits per heavy atom. The number of hydrogen-bond acceptors (Lipinski definition) is 5. The van der Waals surface area contributed by atoms with Crippen LogP contribution in [0, 0.1) is 0 Å². The van der Waals surface area contributed by atoms with Crippen LogP contribution in [0.1, 0.15) is 46.5 Å². The molecule has 0 aromatic carbocycles. The van der Waals surface area contributed by atoms with Gasteiger partial charge in [-0.1, -0.05) is 6.92 Å². The molecule has 5 heteroatoms. The molecule has 0 heterocycles. The molecule has 1 atom stereocenters. The SMILES string of the molecule is CCCOC(CCCC(=O)OCC)C(=O)OCC. The zero-order valence-electron chi connectivity index (χ0n) is 11.6. The fourth-order valence-electron chi connectivity index (χ4n) is 1.43. The number of esters is 2. The van der Waals surface area contributed by atoms with Crippen LogP contribution in [-0.4, -0.2) is 37.9 Å². The minimum Gasteiger partial charge on any atom is -0.466 e. The fourth-order valence-corrected chi connectivity index (χ4v) is 1.43. The Balaban J connectivity index is 3.99. The molecule has 0 aromatic rings. The van der Waals surface area contributed by atoms with E-state index in [2.05, 4.69) is 0 Å². The Bertz CT molecular complexity index is 240. The van der Waals surface area contributed by atoms with Gasteiger partial charge in [0.2, 0.25) is 0 Å². The minimum absolute atomic E-state index is 0.240. The van der Waals surface area contributed by atoms with Crippen molar-refractivity contribution < 1.29 is 23.8 Å². The summed E-state index contributed by atoms with van der Waals surface area (Å²) in [6.07, 6.45) is 1.62. The number of carbonyl (C=O) groups excluding carboxylic acids is 2. The maximum absolute atomic E-state index is 11.6. The molecule has 106 valence electrons. The maximum Gasteiger partial charge on any atom is 0.335 e. The molecule has 0 amide bonds. The highest BCUT2D eigenvalue weighted by Crippen LogP contribution is 2.09. The topological polar surface area (TPSA) is 61.8 Å². The largest absolute Gasteiger partial charge is 0.466 e. The average Bonchev–Trinajstić information content (AvgIpc) is 2.34. The summed E-state index contributed by atoms with van der Waals surface area (Å²) in [5.41, 5.74) is 0. The molecular weight excluding hydrogens is 236 g/mol. The van der Waals surface area contributed by atoms with Crippen LogP contribution in [0.3, 0.4) is 0 Å². The molecule has 0 radical (unpaired) electrons. The summed E-state index contributed by atoms with van der Waals surface area (Å²) in [4.78, 5) is 22.7. The summed E-state index contributed by atoms with van der Waals surface area (Å²) in [7, 11) is 0. The van der Waals surface area contributed by atoms with Crippen molar-refractivity contribution in [3.63, 3.8) is 0 Å². The first-order valence-electron chi connectivity index (χ1n) is 6.59. The summed E-state index contributed by atoms with van der Waals surface area (Å²) in [5, 5.41) is 0. The second-order valence-corrected chi connectivity index (χ2v) is 3.81. The molecule has 0 saturated heterocycles. The summed E-state index contributed by atoms with van der Waals surface area (Å²) in [6.45, 7) is 6.73. The van der Waals surface area contributed by atoms with Gasteiger partial charge in [0.15, 0.2) is 6.10 Å². The van der Waals surface area contributed by atoms with Gasteiger partial charge in [0.25, 0.3) is 0 Å². The first kappa shape index (κ1) is 16.9. The van der Waals surface area contributed by atoms with Crippen LogP contribution in [0.5, 0.6) is 0 Å². The summed E-state index contributed by atoms with van der Waals surface area (Å²) >= 11 is 0. The Morgan fingerprint density at radius 1 is 1.06 bits per heavy atom. The highest BCUT2D eigenvalue weighted by molar-refractivity contribution is 5.74. The molecule has 0 aliphatic carbocycles. The van der Waals surface area contributed by atoms with Crippen LogP contribution in [0.4, 0.5) is 0 Å². The lowest BCUT2D eigenvalue weighted by Gasteiger charge is -2.15. The molecule has 0 rings (SSSR count). The molecule has 0 N–H and O–H groups in total. The lowest BCUT2D eigenvalue weighted by Crippen LogP contribution is -2.27. The van der Waals surface area contributed by atoms with E-state index in [0.29, 0.717) is 39.1 Å². The predicted octanol–water partition coefficient (Wildman–Crippen LogP) is 2.08. The number of rotatable bonds is 10. The highest BCUT2D eigenvalue weighted by Gasteiger charge is 2.20. The number of ether oxygens (including phenoxy) is 3. The normalized spacial score (nSPS) is 11.9. The van der Waals surface area contributed by atoms with E-state index >= 15 is 0 Å². The van der Waals surface area contributed by atoms with Gasteiger partial charge in [-0.2, -0.15) is 0 Å². The Labute approximate surface area is 109 Å². The Kier molecular flexibility index (Phi) is 10.3. The van der Waals surface area contributed by atoms with Crippen molar-refractivity contribution in [1.82, 2.24) is 0 Å². The third-order valence-corrected chi connectivity index (χ3v) is 2.23. The van der Waals surface area contributed by atoms with Crippen molar-refractivity contribution >= 4 is 11.9 Å². The summed E-state index contributed by atoms with van der Waals surface area (Å²) in [6, 6.07) is 0.